The first-order chi connectivity index (χ1) is 16.2. The number of hydrogen-bond donors (Lipinski definition) is 1. The lowest BCUT2D eigenvalue weighted by molar-refractivity contribution is -0.122. The summed E-state index contributed by atoms with van der Waals surface area (Å²) in [6.07, 6.45) is 1.40. The average Bonchev–Trinajstić information content (AvgIpc) is 2.78. The van der Waals surface area contributed by atoms with Gasteiger partial charge in [-0.1, -0.05) is 53.0 Å². The number of carbonyl (C=O) groups is 3. The Morgan fingerprint density at radius 2 is 1.74 bits per heavy atom. The van der Waals surface area contributed by atoms with Crippen molar-refractivity contribution in [3.8, 4) is 5.75 Å². The second kappa shape index (κ2) is 10.2. The van der Waals surface area contributed by atoms with Crippen molar-refractivity contribution in [1.29, 1.82) is 0 Å². The maximum atomic E-state index is 13.0. The van der Waals surface area contributed by atoms with E-state index in [1.807, 2.05) is 0 Å². The minimum atomic E-state index is -0.846. The zero-order valence-corrected chi connectivity index (χ0v) is 21.0. The molecule has 0 unspecified atom stereocenters. The fourth-order valence-corrected chi connectivity index (χ4v) is 4.20. The summed E-state index contributed by atoms with van der Waals surface area (Å²) in [4.78, 5) is 38.6. The van der Waals surface area contributed by atoms with E-state index in [2.05, 4.69) is 21.2 Å². The third-order valence-corrected chi connectivity index (χ3v) is 6.41. The molecule has 6 nitrogen and oxygen atoms in total. The second-order valence-corrected chi connectivity index (χ2v) is 9.27. The molecule has 1 heterocycles. The van der Waals surface area contributed by atoms with Gasteiger partial charge in [0.05, 0.1) is 20.2 Å². The Morgan fingerprint density at radius 3 is 2.44 bits per heavy atom. The van der Waals surface area contributed by atoms with Crippen LogP contribution in [0.4, 0.5) is 10.5 Å². The topological polar surface area (TPSA) is 75.7 Å². The quantitative estimate of drug-likeness (QED) is 0.271. The predicted octanol–water partition coefficient (Wildman–Crippen LogP) is 6.65. The lowest BCUT2D eigenvalue weighted by atomic mass is 10.1. The molecule has 0 spiro atoms. The Morgan fingerprint density at radius 1 is 0.941 bits per heavy atom. The summed E-state index contributed by atoms with van der Waals surface area (Å²) in [5, 5.41) is 3.42. The van der Waals surface area contributed by atoms with E-state index in [9.17, 15) is 14.4 Å². The molecule has 0 bridgehead atoms. The first-order valence-corrected chi connectivity index (χ1v) is 11.7. The van der Waals surface area contributed by atoms with E-state index in [-0.39, 0.29) is 17.9 Å². The van der Waals surface area contributed by atoms with Crippen LogP contribution in [0.2, 0.25) is 15.1 Å². The van der Waals surface area contributed by atoms with E-state index in [0.29, 0.717) is 30.9 Å². The third-order valence-electron chi connectivity index (χ3n) is 4.81. The smallest absolute Gasteiger partial charge is 0.335 e. The Hall–Kier alpha value is -2.84. The predicted molar refractivity (Wildman–Crippen MR) is 135 cm³/mol. The Bertz CT molecular complexity index is 1360. The van der Waals surface area contributed by atoms with Crippen molar-refractivity contribution in [2.24, 2.45) is 0 Å². The summed E-state index contributed by atoms with van der Waals surface area (Å²) in [5.41, 5.74) is 1.44. The van der Waals surface area contributed by atoms with Gasteiger partial charge in [0.15, 0.2) is 0 Å². The summed E-state index contributed by atoms with van der Waals surface area (Å²) in [5.74, 6) is -1.00. The van der Waals surface area contributed by atoms with Gasteiger partial charge in [0.2, 0.25) is 0 Å². The number of benzene rings is 3. The fraction of sp³-hybridized carbons (Fsp3) is 0.0417. The average molecular weight is 581 g/mol. The number of carbonyl (C=O) groups excluding carboxylic acids is 3. The first kappa shape index (κ1) is 24.3. The van der Waals surface area contributed by atoms with Crippen LogP contribution in [0.15, 0.2) is 70.7 Å². The van der Waals surface area contributed by atoms with E-state index >= 15 is 0 Å². The largest absolute Gasteiger partial charge is 0.488 e. The maximum absolute atomic E-state index is 13.0. The zero-order chi connectivity index (χ0) is 24.4. The van der Waals surface area contributed by atoms with Gasteiger partial charge in [0.1, 0.15) is 17.9 Å². The van der Waals surface area contributed by atoms with E-state index < -0.39 is 17.8 Å². The molecular weight excluding hydrogens is 567 g/mol. The number of imide groups is 2. The van der Waals surface area contributed by atoms with Gasteiger partial charge in [0, 0.05) is 5.02 Å². The van der Waals surface area contributed by atoms with Crippen molar-refractivity contribution in [1.82, 2.24) is 5.32 Å². The van der Waals surface area contributed by atoms with Crippen LogP contribution in [-0.2, 0) is 16.2 Å². The summed E-state index contributed by atoms with van der Waals surface area (Å²) in [6, 6.07) is 15.7. The van der Waals surface area contributed by atoms with Crippen molar-refractivity contribution < 1.29 is 19.1 Å². The van der Waals surface area contributed by atoms with Gasteiger partial charge in [-0.3, -0.25) is 14.9 Å². The molecule has 0 atom stereocenters. The van der Waals surface area contributed by atoms with Gasteiger partial charge in [-0.15, -0.1) is 0 Å². The molecule has 0 aliphatic carbocycles. The Labute approximate surface area is 218 Å². The molecule has 0 aromatic heterocycles. The number of hydrogen-bond acceptors (Lipinski definition) is 4. The molecule has 1 aliphatic rings. The molecular formula is C24H14BrCl3N2O4. The van der Waals surface area contributed by atoms with E-state index in [1.165, 1.54) is 12.1 Å². The van der Waals surface area contributed by atoms with E-state index in [4.69, 9.17) is 39.5 Å². The van der Waals surface area contributed by atoms with Gasteiger partial charge >= 0.3 is 6.03 Å². The molecule has 3 aromatic rings. The molecule has 0 saturated carbocycles. The monoisotopic (exact) mass is 578 g/mol. The van der Waals surface area contributed by atoms with Gasteiger partial charge in [-0.05, 0) is 75.6 Å². The number of nitrogens with zero attached hydrogens (tertiary/aromatic N) is 1. The van der Waals surface area contributed by atoms with Gasteiger partial charge in [-0.25, -0.2) is 9.69 Å². The number of amides is 4. The molecule has 1 saturated heterocycles. The van der Waals surface area contributed by atoms with Crippen LogP contribution < -0.4 is 15.0 Å². The van der Waals surface area contributed by atoms with Crippen molar-refractivity contribution >= 4 is 80.3 Å². The molecule has 4 amide bonds. The number of halogens is 4. The van der Waals surface area contributed by atoms with Crippen molar-refractivity contribution in [3.05, 3.63) is 96.9 Å². The van der Waals surface area contributed by atoms with Crippen LogP contribution in [-0.4, -0.2) is 17.8 Å². The van der Waals surface area contributed by atoms with Gasteiger partial charge < -0.3 is 4.74 Å². The number of barbiturate groups is 1. The number of ether oxygens (including phenoxy) is 1. The summed E-state index contributed by atoms with van der Waals surface area (Å²) >= 11 is 21.4. The van der Waals surface area contributed by atoms with Crippen LogP contribution in [0, 0.1) is 0 Å². The van der Waals surface area contributed by atoms with E-state index in [0.717, 1.165) is 10.5 Å². The number of nitrogens with one attached hydrogen (secondary N) is 1. The van der Waals surface area contributed by atoms with Crippen LogP contribution in [0.25, 0.3) is 6.08 Å². The molecule has 4 rings (SSSR count). The highest BCUT2D eigenvalue weighted by atomic mass is 79.9. The fourth-order valence-electron chi connectivity index (χ4n) is 3.19. The summed E-state index contributed by atoms with van der Waals surface area (Å²) in [7, 11) is 0. The van der Waals surface area contributed by atoms with Crippen molar-refractivity contribution in [2.75, 3.05) is 4.90 Å². The molecule has 3 aromatic carbocycles. The molecule has 172 valence electrons. The first-order valence-electron chi connectivity index (χ1n) is 9.76. The minimum Gasteiger partial charge on any atom is -0.488 e. The summed E-state index contributed by atoms with van der Waals surface area (Å²) < 4.78 is 6.43. The molecule has 1 aliphatic heterocycles. The van der Waals surface area contributed by atoms with Crippen LogP contribution in [0.1, 0.15) is 11.1 Å². The number of anilines is 1. The SMILES string of the molecule is O=C1NC(=O)N(c2cccc(Cl)c2)C(=O)/C1=C/c1ccc(OCc2ccc(Cl)c(Cl)c2)c(Br)c1. The van der Waals surface area contributed by atoms with Gasteiger partial charge in [-0.2, -0.15) is 0 Å². The molecule has 10 heteroatoms. The highest BCUT2D eigenvalue weighted by molar-refractivity contribution is 9.10. The van der Waals surface area contributed by atoms with Crippen LogP contribution >= 0.6 is 50.7 Å². The van der Waals surface area contributed by atoms with Crippen molar-refractivity contribution in [2.45, 2.75) is 6.61 Å². The highest BCUT2D eigenvalue weighted by Gasteiger charge is 2.36. The molecule has 34 heavy (non-hydrogen) atoms. The lowest BCUT2D eigenvalue weighted by Gasteiger charge is -2.26. The maximum Gasteiger partial charge on any atom is 0.335 e. The Balaban J connectivity index is 1.55. The van der Waals surface area contributed by atoms with Crippen molar-refractivity contribution in [3.63, 3.8) is 0 Å². The third kappa shape index (κ3) is 5.28. The molecule has 1 N–H and O–H groups in total. The minimum absolute atomic E-state index is 0.198. The molecule has 1 fully saturated rings. The normalized spacial score (nSPS) is 15.0. The second-order valence-electron chi connectivity index (χ2n) is 7.16. The highest BCUT2D eigenvalue weighted by Crippen LogP contribution is 2.30. The number of urea groups is 1. The van der Waals surface area contributed by atoms with E-state index in [1.54, 1.807) is 54.6 Å². The standard InChI is InChI=1S/C24H14BrCl3N2O4/c25-18-9-13(5-7-21(18)34-12-14-4-6-19(27)20(28)10-14)8-17-22(31)29-24(33)30(23(17)32)16-3-1-2-15(26)11-16/h1-11H,12H2,(H,29,31,33)/b17-8+. The van der Waals surface area contributed by atoms with Gasteiger partial charge in [0.25, 0.3) is 11.8 Å². The van der Waals surface area contributed by atoms with Crippen LogP contribution in [0.5, 0.6) is 5.75 Å². The Kier molecular flexibility index (Phi) is 7.28. The van der Waals surface area contributed by atoms with Crippen LogP contribution in [0.3, 0.4) is 0 Å². The summed E-state index contributed by atoms with van der Waals surface area (Å²) in [6.45, 7) is 0.257. The lowest BCUT2D eigenvalue weighted by Crippen LogP contribution is -2.54. The number of rotatable bonds is 5. The molecule has 0 radical (unpaired) electrons. The zero-order valence-electron chi connectivity index (χ0n) is 17.2.